The summed E-state index contributed by atoms with van der Waals surface area (Å²) < 4.78 is 46.4. The number of nitrogens with zero attached hydrogens (tertiary/aromatic N) is 3. The molecule has 8 heteroatoms. The van der Waals surface area contributed by atoms with Gasteiger partial charge in [-0.05, 0) is 42.5 Å². The number of ether oxygens (including phenoxy) is 2. The molecular weight excluding hydrogens is 371 g/mol. The van der Waals surface area contributed by atoms with Gasteiger partial charge in [0.1, 0.15) is 17.8 Å². The summed E-state index contributed by atoms with van der Waals surface area (Å²) in [5.41, 5.74) is 1.89. The maximum Gasteiger partial charge on any atom is 0.573 e. The smallest absolute Gasteiger partial charge is 0.439 e. The summed E-state index contributed by atoms with van der Waals surface area (Å²) in [5, 5.41) is 0.986. The Morgan fingerprint density at radius 1 is 0.786 bits per heavy atom. The molecule has 0 aliphatic carbocycles. The molecule has 0 radical (unpaired) electrons. The van der Waals surface area contributed by atoms with Crippen LogP contribution in [0.15, 0.2) is 73.2 Å². The van der Waals surface area contributed by atoms with Gasteiger partial charge in [-0.3, -0.25) is 4.98 Å². The zero-order valence-electron chi connectivity index (χ0n) is 14.2. The molecule has 0 aliphatic heterocycles. The SMILES string of the molecule is FC(F)(F)Oc1ccc(-c2cc(Oc3ccc4cccnc4c3)ncn2)cc1. The number of hydrogen-bond acceptors (Lipinski definition) is 5. The molecule has 28 heavy (non-hydrogen) atoms. The summed E-state index contributed by atoms with van der Waals surface area (Å²) in [6.07, 6.45) is -1.71. The molecule has 140 valence electrons. The third-order valence-corrected chi connectivity index (χ3v) is 3.83. The highest BCUT2D eigenvalue weighted by atomic mass is 19.4. The van der Waals surface area contributed by atoms with Gasteiger partial charge in [-0.2, -0.15) is 0 Å². The van der Waals surface area contributed by atoms with Gasteiger partial charge in [0.25, 0.3) is 0 Å². The van der Waals surface area contributed by atoms with E-state index < -0.39 is 6.36 Å². The van der Waals surface area contributed by atoms with Crippen molar-refractivity contribution in [3.05, 3.63) is 73.2 Å². The van der Waals surface area contributed by atoms with E-state index in [4.69, 9.17) is 4.74 Å². The summed E-state index contributed by atoms with van der Waals surface area (Å²) in [4.78, 5) is 12.5. The van der Waals surface area contributed by atoms with Crippen molar-refractivity contribution < 1.29 is 22.6 Å². The number of hydrogen-bond donors (Lipinski definition) is 0. The van der Waals surface area contributed by atoms with Gasteiger partial charge in [0, 0.05) is 29.3 Å². The zero-order chi connectivity index (χ0) is 19.6. The van der Waals surface area contributed by atoms with Gasteiger partial charge in [0.05, 0.1) is 11.2 Å². The predicted molar refractivity (Wildman–Crippen MR) is 96.0 cm³/mol. The highest BCUT2D eigenvalue weighted by Crippen LogP contribution is 2.28. The Morgan fingerprint density at radius 3 is 2.36 bits per heavy atom. The van der Waals surface area contributed by atoms with Crippen LogP contribution in [0.3, 0.4) is 0 Å². The predicted octanol–water partition coefficient (Wildman–Crippen LogP) is 5.38. The van der Waals surface area contributed by atoms with Crippen LogP contribution in [0.25, 0.3) is 22.2 Å². The number of rotatable bonds is 4. The van der Waals surface area contributed by atoms with Crippen molar-refractivity contribution in [2.24, 2.45) is 0 Å². The molecule has 0 atom stereocenters. The first kappa shape index (κ1) is 17.7. The molecule has 0 fully saturated rings. The molecule has 5 nitrogen and oxygen atoms in total. The second kappa shape index (κ2) is 7.15. The van der Waals surface area contributed by atoms with E-state index in [0.29, 0.717) is 22.9 Å². The van der Waals surface area contributed by atoms with Crippen molar-refractivity contribution in [3.8, 4) is 28.6 Å². The molecule has 2 heterocycles. The van der Waals surface area contributed by atoms with Gasteiger partial charge in [0.15, 0.2) is 0 Å². The molecule has 0 aliphatic rings. The lowest BCUT2D eigenvalue weighted by Crippen LogP contribution is -2.16. The van der Waals surface area contributed by atoms with E-state index in [1.54, 1.807) is 24.4 Å². The van der Waals surface area contributed by atoms with Crippen LogP contribution in [0.4, 0.5) is 13.2 Å². The third kappa shape index (κ3) is 4.17. The molecule has 0 saturated heterocycles. The average Bonchev–Trinajstić information content (AvgIpc) is 2.67. The normalized spacial score (nSPS) is 11.4. The maximum absolute atomic E-state index is 12.3. The Morgan fingerprint density at radius 2 is 1.57 bits per heavy atom. The summed E-state index contributed by atoms with van der Waals surface area (Å²) in [5.74, 6) is 0.561. The molecule has 0 amide bonds. The van der Waals surface area contributed by atoms with Crippen molar-refractivity contribution in [1.29, 1.82) is 0 Å². The number of pyridine rings is 1. The summed E-state index contributed by atoms with van der Waals surface area (Å²) in [7, 11) is 0. The fraction of sp³-hybridized carbons (Fsp3) is 0.0500. The second-order valence-corrected chi connectivity index (χ2v) is 5.77. The number of benzene rings is 2. The summed E-state index contributed by atoms with van der Waals surface area (Å²) in [6, 6.07) is 16.3. The molecule has 0 unspecified atom stereocenters. The maximum atomic E-state index is 12.3. The third-order valence-electron chi connectivity index (χ3n) is 3.83. The molecule has 4 rings (SSSR count). The van der Waals surface area contributed by atoms with Crippen LogP contribution in [0.2, 0.25) is 0 Å². The molecule has 0 bridgehead atoms. The standard InChI is InChI=1S/C20H12F3N3O2/c21-20(22,23)28-15-6-3-14(4-7-15)18-11-19(26-12-25-18)27-16-8-5-13-2-1-9-24-17(13)10-16/h1-12H. The lowest BCUT2D eigenvalue weighted by Gasteiger charge is -2.10. The monoisotopic (exact) mass is 383 g/mol. The van der Waals surface area contributed by atoms with E-state index in [1.165, 1.54) is 30.6 Å². The van der Waals surface area contributed by atoms with Crippen molar-refractivity contribution in [1.82, 2.24) is 15.0 Å². The fourth-order valence-electron chi connectivity index (χ4n) is 2.61. The molecule has 0 saturated carbocycles. The van der Waals surface area contributed by atoms with Gasteiger partial charge in [-0.25, -0.2) is 9.97 Å². The van der Waals surface area contributed by atoms with E-state index in [-0.39, 0.29) is 5.75 Å². The van der Waals surface area contributed by atoms with Crippen molar-refractivity contribution in [2.45, 2.75) is 6.36 Å². The molecule has 0 N–H and O–H groups in total. The fourth-order valence-corrected chi connectivity index (χ4v) is 2.61. The zero-order valence-corrected chi connectivity index (χ0v) is 14.2. The van der Waals surface area contributed by atoms with Crippen LogP contribution in [0.1, 0.15) is 0 Å². The molecule has 0 spiro atoms. The number of alkyl halides is 3. The Bertz CT molecular complexity index is 1120. The number of fused-ring (bicyclic) bond motifs is 1. The Balaban J connectivity index is 1.55. The van der Waals surface area contributed by atoms with Gasteiger partial charge in [-0.15, -0.1) is 13.2 Å². The van der Waals surface area contributed by atoms with Crippen LogP contribution in [-0.2, 0) is 0 Å². The first-order valence-electron chi connectivity index (χ1n) is 8.17. The van der Waals surface area contributed by atoms with Crippen molar-refractivity contribution >= 4 is 10.9 Å². The van der Waals surface area contributed by atoms with Crippen molar-refractivity contribution in [3.63, 3.8) is 0 Å². The first-order chi connectivity index (χ1) is 13.5. The van der Waals surface area contributed by atoms with Gasteiger partial charge >= 0.3 is 6.36 Å². The van der Waals surface area contributed by atoms with Gasteiger partial charge < -0.3 is 9.47 Å². The quantitative estimate of drug-likeness (QED) is 0.473. The lowest BCUT2D eigenvalue weighted by atomic mass is 10.1. The average molecular weight is 383 g/mol. The van der Waals surface area contributed by atoms with E-state index in [9.17, 15) is 13.2 Å². The number of aromatic nitrogens is 3. The van der Waals surface area contributed by atoms with Gasteiger partial charge in [0.2, 0.25) is 5.88 Å². The largest absolute Gasteiger partial charge is 0.573 e. The van der Waals surface area contributed by atoms with Crippen LogP contribution >= 0.6 is 0 Å². The Hall–Kier alpha value is -3.68. The molecule has 4 aromatic rings. The van der Waals surface area contributed by atoms with Crippen LogP contribution in [-0.4, -0.2) is 21.3 Å². The Labute approximate surface area is 157 Å². The molecular formula is C20H12F3N3O2. The van der Waals surface area contributed by atoms with E-state index in [0.717, 1.165) is 10.9 Å². The van der Waals surface area contributed by atoms with Crippen LogP contribution in [0, 0.1) is 0 Å². The van der Waals surface area contributed by atoms with Crippen LogP contribution < -0.4 is 9.47 Å². The van der Waals surface area contributed by atoms with E-state index >= 15 is 0 Å². The second-order valence-electron chi connectivity index (χ2n) is 5.77. The minimum atomic E-state index is -4.73. The van der Waals surface area contributed by atoms with Gasteiger partial charge in [-0.1, -0.05) is 6.07 Å². The van der Waals surface area contributed by atoms with Crippen LogP contribution in [0.5, 0.6) is 17.4 Å². The topological polar surface area (TPSA) is 57.1 Å². The van der Waals surface area contributed by atoms with E-state index in [2.05, 4.69) is 19.7 Å². The highest BCUT2D eigenvalue weighted by Gasteiger charge is 2.30. The highest BCUT2D eigenvalue weighted by molar-refractivity contribution is 5.79. The minimum absolute atomic E-state index is 0.301. The van der Waals surface area contributed by atoms with E-state index in [1.807, 2.05) is 18.2 Å². The van der Waals surface area contributed by atoms with Crippen molar-refractivity contribution in [2.75, 3.05) is 0 Å². The first-order valence-corrected chi connectivity index (χ1v) is 8.17. The Kier molecular flexibility index (Phi) is 4.52. The summed E-state index contributed by atoms with van der Waals surface area (Å²) >= 11 is 0. The lowest BCUT2D eigenvalue weighted by molar-refractivity contribution is -0.274. The number of halogens is 3. The molecule has 2 aromatic heterocycles. The minimum Gasteiger partial charge on any atom is -0.439 e. The summed E-state index contributed by atoms with van der Waals surface area (Å²) in [6.45, 7) is 0. The molecule has 2 aromatic carbocycles.